The molecule has 0 heterocycles. The van der Waals surface area contributed by atoms with Gasteiger partial charge in [-0.15, -0.1) is 0 Å². The maximum atomic E-state index is 13.1. The highest BCUT2D eigenvalue weighted by Crippen LogP contribution is 2.60. The normalized spacial score (nSPS) is 33.9. The fraction of sp³-hybridized carbons (Fsp3) is 0.600. The van der Waals surface area contributed by atoms with Crippen LogP contribution in [-0.2, 0) is 16.0 Å². The van der Waals surface area contributed by atoms with E-state index < -0.39 is 11.9 Å². The number of amides is 2. The zero-order valence-electron chi connectivity index (χ0n) is 14.3. The summed E-state index contributed by atoms with van der Waals surface area (Å²) in [5.74, 6) is 1.59. The van der Waals surface area contributed by atoms with Crippen molar-refractivity contribution in [2.45, 2.75) is 51.0 Å². The highest BCUT2D eigenvalue weighted by atomic mass is 35.5. The van der Waals surface area contributed by atoms with Gasteiger partial charge in [-0.3, -0.25) is 9.59 Å². The van der Waals surface area contributed by atoms with Gasteiger partial charge in [-0.1, -0.05) is 29.8 Å². The molecule has 0 spiro atoms. The van der Waals surface area contributed by atoms with Crippen LogP contribution in [0.25, 0.3) is 0 Å². The van der Waals surface area contributed by atoms with Crippen LogP contribution >= 0.6 is 11.6 Å². The summed E-state index contributed by atoms with van der Waals surface area (Å²) in [6.07, 6.45) is 7.11. The predicted molar refractivity (Wildman–Crippen MR) is 96.9 cm³/mol. The Balaban J connectivity index is 1.50. The lowest BCUT2D eigenvalue weighted by Crippen LogP contribution is -2.57. The van der Waals surface area contributed by atoms with Crippen LogP contribution in [0.4, 0.5) is 0 Å². The van der Waals surface area contributed by atoms with Crippen LogP contribution in [0.3, 0.4) is 0 Å². The predicted octanol–water partition coefficient (Wildman–Crippen LogP) is 3.07. The number of primary amides is 1. The van der Waals surface area contributed by atoms with Crippen molar-refractivity contribution in [1.82, 2.24) is 5.32 Å². The molecule has 0 unspecified atom stereocenters. The number of carbonyl (C=O) groups is 2. The molecular formula is C20H25ClN2O2. The molecule has 0 aromatic heterocycles. The molecule has 5 rings (SSSR count). The van der Waals surface area contributed by atoms with Crippen molar-refractivity contribution in [3.8, 4) is 0 Å². The summed E-state index contributed by atoms with van der Waals surface area (Å²) in [6, 6.07) is 6.67. The first-order valence-corrected chi connectivity index (χ1v) is 9.67. The highest BCUT2D eigenvalue weighted by Gasteiger charge is 2.54. The van der Waals surface area contributed by atoms with Crippen molar-refractivity contribution in [1.29, 1.82) is 0 Å². The fourth-order valence-electron chi connectivity index (χ4n) is 5.81. The Kier molecular flexibility index (Phi) is 4.27. The number of hydrogen-bond acceptors (Lipinski definition) is 2. The maximum Gasteiger partial charge on any atom is 0.240 e. The van der Waals surface area contributed by atoms with Gasteiger partial charge in [-0.05, 0) is 67.9 Å². The van der Waals surface area contributed by atoms with Crippen molar-refractivity contribution in [2.75, 3.05) is 0 Å². The van der Waals surface area contributed by atoms with E-state index in [9.17, 15) is 9.59 Å². The van der Waals surface area contributed by atoms with Crippen LogP contribution in [0.15, 0.2) is 24.3 Å². The third kappa shape index (κ3) is 3.17. The van der Waals surface area contributed by atoms with E-state index in [-0.39, 0.29) is 11.3 Å². The standard InChI is InChI=1S/C20H25ClN2O2/c21-16-4-2-1-3-15(16)8-17(18(22)24)23-19(25)20-9-12-5-13(10-20)7-14(6-12)11-20/h1-4,12-14,17H,5-11H2,(H2,22,24)(H,23,25)/t12?,13?,14?,17-,20?/m1/s1. The van der Waals surface area contributed by atoms with Crippen molar-refractivity contribution in [3.05, 3.63) is 34.9 Å². The monoisotopic (exact) mass is 360 g/mol. The lowest BCUT2D eigenvalue weighted by atomic mass is 9.49. The topological polar surface area (TPSA) is 72.2 Å². The maximum absolute atomic E-state index is 13.1. The smallest absolute Gasteiger partial charge is 0.240 e. The molecule has 4 aliphatic rings. The minimum Gasteiger partial charge on any atom is -0.368 e. The lowest BCUT2D eigenvalue weighted by molar-refractivity contribution is -0.148. The molecule has 4 aliphatic carbocycles. The molecule has 0 aliphatic heterocycles. The summed E-state index contributed by atoms with van der Waals surface area (Å²) in [5, 5.41) is 3.57. The molecule has 5 heteroatoms. The first-order chi connectivity index (χ1) is 11.9. The second-order valence-electron chi connectivity index (χ2n) is 8.42. The van der Waals surface area contributed by atoms with E-state index in [1.807, 2.05) is 18.2 Å². The Morgan fingerprint density at radius 2 is 1.68 bits per heavy atom. The SMILES string of the molecule is NC(=O)[C@@H](Cc1ccccc1Cl)NC(=O)C12CC3CC(CC(C3)C1)C2. The minimum absolute atomic E-state index is 0.0300. The van der Waals surface area contributed by atoms with E-state index in [1.165, 1.54) is 19.3 Å². The van der Waals surface area contributed by atoms with Gasteiger partial charge < -0.3 is 11.1 Å². The third-order valence-corrected chi connectivity index (χ3v) is 6.92. The van der Waals surface area contributed by atoms with Gasteiger partial charge in [0.15, 0.2) is 0 Å². The lowest BCUT2D eigenvalue weighted by Gasteiger charge is -2.55. The summed E-state index contributed by atoms with van der Waals surface area (Å²) in [6.45, 7) is 0. The Labute approximate surface area is 153 Å². The number of carbonyl (C=O) groups excluding carboxylic acids is 2. The quantitative estimate of drug-likeness (QED) is 0.847. The Morgan fingerprint density at radius 3 is 2.20 bits per heavy atom. The van der Waals surface area contributed by atoms with Crippen LogP contribution in [0.1, 0.15) is 44.1 Å². The molecule has 4 saturated carbocycles. The molecule has 3 N–H and O–H groups in total. The van der Waals surface area contributed by atoms with Crippen LogP contribution in [0.5, 0.6) is 0 Å². The average molecular weight is 361 g/mol. The molecule has 1 atom stereocenters. The van der Waals surface area contributed by atoms with Gasteiger partial charge in [0, 0.05) is 16.9 Å². The van der Waals surface area contributed by atoms with Crippen LogP contribution in [-0.4, -0.2) is 17.9 Å². The van der Waals surface area contributed by atoms with Gasteiger partial charge in [-0.25, -0.2) is 0 Å². The summed E-state index contributed by atoms with van der Waals surface area (Å²) in [5.41, 5.74) is 6.13. The summed E-state index contributed by atoms with van der Waals surface area (Å²) in [7, 11) is 0. The number of hydrogen-bond donors (Lipinski definition) is 2. The number of halogens is 1. The van der Waals surface area contributed by atoms with Crippen LogP contribution in [0, 0.1) is 23.2 Å². The van der Waals surface area contributed by atoms with Crippen molar-refractivity contribution in [2.24, 2.45) is 28.9 Å². The summed E-state index contributed by atoms with van der Waals surface area (Å²) in [4.78, 5) is 25.1. The molecule has 134 valence electrons. The molecule has 0 saturated heterocycles. The van der Waals surface area contributed by atoms with E-state index in [1.54, 1.807) is 6.07 Å². The zero-order valence-corrected chi connectivity index (χ0v) is 15.1. The number of rotatable bonds is 5. The fourth-order valence-corrected chi connectivity index (χ4v) is 6.02. The zero-order chi connectivity index (χ0) is 17.6. The number of nitrogens with one attached hydrogen (secondary N) is 1. The van der Waals surface area contributed by atoms with E-state index in [0.29, 0.717) is 29.2 Å². The molecule has 25 heavy (non-hydrogen) atoms. The second kappa shape index (κ2) is 6.31. The third-order valence-electron chi connectivity index (χ3n) is 6.55. The van der Waals surface area contributed by atoms with E-state index in [0.717, 1.165) is 24.8 Å². The molecule has 4 bridgehead atoms. The van der Waals surface area contributed by atoms with Gasteiger partial charge in [-0.2, -0.15) is 0 Å². The van der Waals surface area contributed by atoms with E-state index in [2.05, 4.69) is 5.32 Å². The Bertz CT molecular complexity index is 667. The minimum atomic E-state index is -0.708. The Morgan fingerprint density at radius 1 is 1.12 bits per heavy atom. The molecule has 1 aromatic carbocycles. The summed E-state index contributed by atoms with van der Waals surface area (Å²) >= 11 is 6.20. The van der Waals surface area contributed by atoms with Crippen molar-refractivity contribution >= 4 is 23.4 Å². The van der Waals surface area contributed by atoms with Gasteiger partial charge >= 0.3 is 0 Å². The second-order valence-corrected chi connectivity index (χ2v) is 8.83. The molecular weight excluding hydrogens is 336 g/mol. The number of benzene rings is 1. The average Bonchev–Trinajstić information content (AvgIpc) is 2.54. The van der Waals surface area contributed by atoms with Gasteiger partial charge in [0.1, 0.15) is 6.04 Å². The Hall–Kier alpha value is -1.55. The molecule has 0 radical (unpaired) electrons. The van der Waals surface area contributed by atoms with Crippen molar-refractivity contribution < 1.29 is 9.59 Å². The molecule has 4 nitrogen and oxygen atoms in total. The molecule has 4 fully saturated rings. The number of nitrogens with two attached hydrogens (primary N) is 1. The molecule has 2 amide bonds. The van der Waals surface area contributed by atoms with Crippen LogP contribution in [0.2, 0.25) is 5.02 Å². The highest BCUT2D eigenvalue weighted by molar-refractivity contribution is 6.31. The van der Waals surface area contributed by atoms with E-state index >= 15 is 0 Å². The van der Waals surface area contributed by atoms with Crippen LogP contribution < -0.4 is 11.1 Å². The summed E-state index contributed by atoms with van der Waals surface area (Å²) < 4.78 is 0. The van der Waals surface area contributed by atoms with Gasteiger partial charge in [0.25, 0.3) is 0 Å². The largest absolute Gasteiger partial charge is 0.368 e. The molecule has 1 aromatic rings. The van der Waals surface area contributed by atoms with Crippen molar-refractivity contribution in [3.63, 3.8) is 0 Å². The van der Waals surface area contributed by atoms with E-state index in [4.69, 9.17) is 17.3 Å². The first kappa shape index (κ1) is 16.9. The van der Waals surface area contributed by atoms with Gasteiger partial charge in [0.05, 0.1) is 0 Å². The first-order valence-electron chi connectivity index (χ1n) is 9.29. The van der Waals surface area contributed by atoms with Gasteiger partial charge in [0.2, 0.25) is 11.8 Å².